The Morgan fingerprint density at radius 3 is 2.90 bits per heavy atom. The molecule has 4 heteroatoms. The fourth-order valence-electron chi connectivity index (χ4n) is 3.73. The molecular weight excluding hydrogens is 278 g/mol. The fourth-order valence-corrected chi connectivity index (χ4v) is 4.78. The Kier molecular flexibility index (Phi) is 4.57. The highest BCUT2D eigenvalue weighted by molar-refractivity contribution is 7.18. The molecule has 1 aromatic heterocycles. The molecule has 3 rings (SSSR count). The van der Waals surface area contributed by atoms with Crippen molar-refractivity contribution in [3.8, 4) is 0 Å². The summed E-state index contributed by atoms with van der Waals surface area (Å²) in [4.78, 5) is 7.46. The largest absolute Gasteiger partial charge is 0.330 e. The van der Waals surface area contributed by atoms with E-state index in [0.717, 1.165) is 18.6 Å². The smallest absolute Gasteiger partial charge is 0.111 e. The van der Waals surface area contributed by atoms with E-state index >= 15 is 0 Å². The van der Waals surface area contributed by atoms with Gasteiger partial charge in [0.2, 0.25) is 0 Å². The predicted octanol–water partition coefficient (Wildman–Crippen LogP) is 3.81. The minimum Gasteiger partial charge on any atom is -0.330 e. The van der Waals surface area contributed by atoms with Crippen molar-refractivity contribution in [3.63, 3.8) is 0 Å². The molecule has 2 N–H and O–H groups in total. The van der Waals surface area contributed by atoms with E-state index in [1.807, 2.05) is 11.3 Å². The summed E-state index contributed by atoms with van der Waals surface area (Å²) in [5, 5.41) is 1.24. The summed E-state index contributed by atoms with van der Waals surface area (Å²) in [5.41, 5.74) is 7.10. The van der Waals surface area contributed by atoms with Gasteiger partial charge in [0, 0.05) is 6.04 Å². The number of hydrogen-bond donors (Lipinski definition) is 1. The molecule has 21 heavy (non-hydrogen) atoms. The van der Waals surface area contributed by atoms with Crippen LogP contribution in [-0.4, -0.2) is 29.0 Å². The number of hydrogen-bond acceptors (Lipinski definition) is 4. The zero-order chi connectivity index (χ0) is 14.8. The molecule has 1 aromatic carbocycles. The van der Waals surface area contributed by atoms with Crippen LogP contribution in [0.4, 0.5) is 0 Å². The minimum atomic E-state index is 0.379. The van der Waals surface area contributed by atoms with E-state index in [1.54, 1.807) is 0 Å². The van der Waals surface area contributed by atoms with Crippen molar-refractivity contribution in [2.75, 3.05) is 13.1 Å². The second-order valence-electron chi connectivity index (χ2n) is 6.02. The second kappa shape index (κ2) is 6.42. The summed E-state index contributed by atoms with van der Waals surface area (Å²) >= 11 is 1.83. The van der Waals surface area contributed by atoms with Crippen molar-refractivity contribution in [1.29, 1.82) is 0 Å². The lowest BCUT2D eigenvalue weighted by Crippen LogP contribution is -2.41. The van der Waals surface area contributed by atoms with Crippen LogP contribution < -0.4 is 5.73 Å². The Bertz CT molecular complexity index is 561. The number of nitrogens with two attached hydrogens (primary N) is 1. The lowest BCUT2D eigenvalue weighted by molar-refractivity contribution is 0.123. The van der Waals surface area contributed by atoms with Crippen LogP contribution in [0.5, 0.6) is 0 Å². The summed E-state index contributed by atoms with van der Waals surface area (Å²) in [6.45, 7) is 6.44. The Balaban J connectivity index is 1.85. The SMILES string of the molecule is CCN(C(C)c1nc2ccccc2s1)C1CCCC1CN. The molecule has 1 aliphatic rings. The molecule has 0 radical (unpaired) electrons. The van der Waals surface area contributed by atoms with Crippen molar-refractivity contribution < 1.29 is 0 Å². The number of nitrogens with zero attached hydrogens (tertiary/aromatic N) is 2. The molecule has 0 saturated heterocycles. The Morgan fingerprint density at radius 2 is 2.19 bits per heavy atom. The lowest BCUT2D eigenvalue weighted by atomic mass is 10.0. The molecular formula is C17H25N3S. The monoisotopic (exact) mass is 303 g/mol. The summed E-state index contributed by atoms with van der Waals surface area (Å²) in [7, 11) is 0. The van der Waals surface area contributed by atoms with E-state index in [-0.39, 0.29) is 0 Å². The van der Waals surface area contributed by atoms with Crippen molar-refractivity contribution in [2.24, 2.45) is 11.7 Å². The number of rotatable bonds is 5. The quantitative estimate of drug-likeness (QED) is 0.913. The van der Waals surface area contributed by atoms with Crippen molar-refractivity contribution >= 4 is 21.6 Å². The van der Waals surface area contributed by atoms with Gasteiger partial charge in [-0.3, -0.25) is 4.90 Å². The van der Waals surface area contributed by atoms with Crippen LogP contribution in [0, 0.1) is 5.92 Å². The molecule has 3 atom stereocenters. The van der Waals surface area contributed by atoms with Crippen LogP contribution in [-0.2, 0) is 0 Å². The van der Waals surface area contributed by atoms with Crippen molar-refractivity contribution in [3.05, 3.63) is 29.3 Å². The molecule has 1 fully saturated rings. The average molecular weight is 303 g/mol. The predicted molar refractivity (Wildman–Crippen MR) is 90.6 cm³/mol. The Labute approximate surface area is 131 Å². The molecule has 1 heterocycles. The van der Waals surface area contributed by atoms with Crippen LogP contribution in [0.3, 0.4) is 0 Å². The van der Waals surface area contributed by atoms with Crippen LogP contribution in [0.2, 0.25) is 0 Å². The standard InChI is InChI=1S/C17H25N3S/c1-3-20(15-9-6-7-13(15)11-18)12(2)17-19-14-8-4-5-10-16(14)21-17/h4-5,8,10,12-13,15H,3,6-7,9,11,18H2,1-2H3. The maximum absolute atomic E-state index is 5.98. The number of aromatic nitrogens is 1. The molecule has 3 nitrogen and oxygen atoms in total. The third-order valence-electron chi connectivity index (χ3n) is 4.88. The van der Waals surface area contributed by atoms with Crippen LogP contribution >= 0.6 is 11.3 Å². The van der Waals surface area contributed by atoms with E-state index in [0.29, 0.717) is 18.0 Å². The first-order valence-electron chi connectivity index (χ1n) is 8.05. The van der Waals surface area contributed by atoms with Crippen molar-refractivity contribution in [1.82, 2.24) is 9.88 Å². The molecule has 2 aromatic rings. The zero-order valence-electron chi connectivity index (χ0n) is 13.0. The van der Waals surface area contributed by atoms with Gasteiger partial charge in [-0.1, -0.05) is 25.5 Å². The normalized spacial score (nSPS) is 24.0. The maximum Gasteiger partial charge on any atom is 0.111 e. The van der Waals surface area contributed by atoms with Gasteiger partial charge in [-0.05, 0) is 50.9 Å². The highest BCUT2D eigenvalue weighted by Crippen LogP contribution is 2.36. The highest BCUT2D eigenvalue weighted by atomic mass is 32.1. The van der Waals surface area contributed by atoms with E-state index in [2.05, 4.69) is 43.0 Å². The highest BCUT2D eigenvalue weighted by Gasteiger charge is 2.33. The van der Waals surface area contributed by atoms with Gasteiger partial charge in [-0.25, -0.2) is 4.98 Å². The molecule has 3 unspecified atom stereocenters. The lowest BCUT2D eigenvalue weighted by Gasteiger charge is -2.35. The Morgan fingerprint density at radius 1 is 1.38 bits per heavy atom. The van der Waals surface area contributed by atoms with Crippen LogP contribution in [0.1, 0.15) is 44.2 Å². The second-order valence-corrected chi connectivity index (χ2v) is 7.08. The molecule has 0 amide bonds. The summed E-state index contributed by atoms with van der Waals surface area (Å²) in [5.74, 6) is 0.654. The topological polar surface area (TPSA) is 42.2 Å². The third-order valence-corrected chi connectivity index (χ3v) is 6.08. The van der Waals surface area contributed by atoms with Gasteiger partial charge in [0.25, 0.3) is 0 Å². The summed E-state index contributed by atoms with van der Waals surface area (Å²) < 4.78 is 1.29. The number of para-hydroxylation sites is 1. The molecule has 1 saturated carbocycles. The summed E-state index contributed by atoms with van der Waals surface area (Å²) in [6, 6.07) is 9.43. The summed E-state index contributed by atoms with van der Waals surface area (Å²) in [6.07, 6.45) is 3.88. The zero-order valence-corrected chi connectivity index (χ0v) is 13.8. The van der Waals surface area contributed by atoms with Gasteiger partial charge in [-0.2, -0.15) is 0 Å². The van der Waals surface area contributed by atoms with Gasteiger partial charge in [-0.15, -0.1) is 11.3 Å². The van der Waals surface area contributed by atoms with E-state index in [4.69, 9.17) is 10.7 Å². The first-order valence-corrected chi connectivity index (χ1v) is 8.87. The van der Waals surface area contributed by atoms with E-state index in [1.165, 1.54) is 29.0 Å². The van der Waals surface area contributed by atoms with Crippen molar-refractivity contribution in [2.45, 2.75) is 45.2 Å². The first-order chi connectivity index (χ1) is 10.2. The maximum atomic E-state index is 5.98. The van der Waals surface area contributed by atoms with E-state index in [9.17, 15) is 0 Å². The van der Waals surface area contributed by atoms with Gasteiger partial charge >= 0.3 is 0 Å². The fraction of sp³-hybridized carbons (Fsp3) is 0.588. The number of benzene rings is 1. The van der Waals surface area contributed by atoms with Gasteiger partial charge in [0.1, 0.15) is 5.01 Å². The molecule has 1 aliphatic carbocycles. The molecule has 0 spiro atoms. The van der Waals surface area contributed by atoms with Gasteiger partial charge < -0.3 is 5.73 Å². The first kappa shape index (κ1) is 14.9. The van der Waals surface area contributed by atoms with Gasteiger partial charge in [0.15, 0.2) is 0 Å². The van der Waals surface area contributed by atoms with Crippen LogP contribution in [0.15, 0.2) is 24.3 Å². The van der Waals surface area contributed by atoms with Crippen LogP contribution in [0.25, 0.3) is 10.2 Å². The molecule has 0 bridgehead atoms. The van der Waals surface area contributed by atoms with E-state index < -0.39 is 0 Å². The number of fused-ring (bicyclic) bond motifs is 1. The third kappa shape index (κ3) is 2.85. The van der Waals surface area contributed by atoms with Gasteiger partial charge in [0.05, 0.1) is 16.3 Å². The molecule has 0 aliphatic heterocycles. The molecule has 114 valence electrons. The minimum absolute atomic E-state index is 0.379. The average Bonchev–Trinajstić information content (AvgIpc) is 3.14. The Hall–Kier alpha value is -0.970. The number of thiazole rings is 1.